The highest BCUT2D eigenvalue weighted by Gasteiger charge is 2.29. The average Bonchev–Trinajstić information content (AvgIpc) is 2.58. The van der Waals surface area contributed by atoms with Gasteiger partial charge in [0.15, 0.2) is 0 Å². The second-order valence-electron chi connectivity index (χ2n) is 3.90. The molecule has 0 radical (unpaired) electrons. The van der Waals surface area contributed by atoms with E-state index in [1.165, 1.54) is 11.8 Å². The van der Waals surface area contributed by atoms with Crippen molar-refractivity contribution in [1.29, 1.82) is 0 Å². The van der Waals surface area contributed by atoms with Crippen LogP contribution in [0.3, 0.4) is 0 Å². The molecule has 1 fully saturated rings. The Labute approximate surface area is 115 Å². The van der Waals surface area contributed by atoms with Crippen molar-refractivity contribution in [2.45, 2.75) is 13.0 Å². The van der Waals surface area contributed by atoms with Crippen LogP contribution in [0.4, 0.5) is 10.5 Å². The lowest BCUT2D eigenvalue weighted by atomic mass is 10.3. The highest BCUT2D eigenvalue weighted by molar-refractivity contribution is 8.33. The Kier molecular flexibility index (Phi) is 3.98. The van der Waals surface area contributed by atoms with Gasteiger partial charge in [0.1, 0.15) is 9.36 Å². The van der Waals surface area contributed by atoms with Crippen LogP contribution in [0, 0.1) is 0 Å². The zero-order valence-corrected chi connectivity index (χ0v) is 11.7. The number of urea groups is 1. The molecule has 0 spiro atoms. The van der Waals surface area contributed by atoms with Crippen LogP contribution in [0.5, 0.6) is 0 Å². The Morgan fingerprint density at radius 1 is 1.44 bits per heavy atom. The maximum atomic E-state index is 11.8. The molecule has 0 bridgehead atoms. The van der Waals surface area contributed by atoms with Crippen molar-refractivity contribution >= 4 is 45.1 Å². The number of benzene rings is 1. The summed E-state index contributed by atoms with van der Waals surface area (Å²) in [7, 11) is 1.90. The fraction of sp³-hybridized carbons (Fsp3) is 0.250. The Morgan fingerprint density at radius 3 is 2.67 bits per heavy atom. The summed E-state index contributed by atoms with van der Waals surface area (Å²) in [6, 6.07) is 8.94. The molecule has 1 aromatic carbocycles. The van der Waals surface area contributed by atoms with Crippen LogP contribution in [0.15, 0.2) is 35.3 Å². The standard InChI is InChI=1S/C12H13N3OS2/c1-8-10(18-12(17)15(8)2)14-11(16)13-9-6-4-3-5-7-9/h3-8H,1-2H3,(H,13,16). The SMILES string of the molecule is CC1C(=NC(=O)Nc2ccccc2)SC(=S)N1C. The number of anilines is 1. The number of hydrogen-bond donors (Lipinski definition) is 1. The number of carbonyl (C=O) groups is 1. The number of nitrogens with one attached hydrogen (secondary N) is 1. The van der Waals surface area contributed by atoms with Gasteiger partial charge in [-0.25, -0.2) is 4.79 Å². The highest BCUT2D eigenvalue weighted by atomic mass is 32.2. The third-order valence-electron chi connectivity index (χ3n) is 2.65. The summed E-state index contributed by atoms with van der Waals surface area (Å²) in [5.41, 5.74) is 0.735. The molecule has 6 heteroatoms. The Hall–Kier alpha value is -1.40. The van der Waals surface area contributed by atoms with Gasteiger partial charge >= 0.3 is 6.03 Å². The van der Waals surface area contributed by atoms with E-state index in [2.05, 4.69) is 10.3 Å². The van der Waals surface area contributed by atoms with Gasteiger partial charge in [0, 0.05) is 12.7 Å². The predicted molar refractivity (Wildman–Crippen MR) is 80.3 cm³/mol. The predicted octanol–water partition coefficient (Wildman–Crippen LogP) is 2.97. The fourth-order valence-electron chi connectivity index (χ4n) is 1.46. The number of amides is 2. The molecule has 1 aliphatic heterocycles. The number of carbonyl (C=O) groups excluding carboxylic acids is 1. The number of aliphatic imine (C=N–C) groups is 1. The van der Waals surface area contributed by atoms with Crippen molar-refractivity contribution in [3.63, 3.8) is 0 Å². The van der Waals surface area contributed by atoms with E-state index in [1.807, 2.05) is 49.2 Å². The van der Waals surface area contributed by atoms with Gasteiger partial charge in [-0.1, -0.05) is 30.4 Å². The first-order chi connectivity index (χ1) is 8.58. The second-order valence-corrected chi connectivity index (χ2v) is 5.56. The molecule has 1 heterocycles. The summed E-state index contributed by atoms with van der Waals surface area (Å²) in [5, 5.41) is 3.45. The number of nitrogens with zero attached hydrogens (tertiary/aromatic N) is 2. The van der Waals surface area contributed by atoms with Crippen molar-refractivity contribution in [3.8, 4) is 0 Å². The lowest BCUT2D eigenvalue weighted by Gasteiger charge is -2.14. The van der Waals surface area contributed by atoms with Crippen molar-refractivity contribution in [2.24, 2.45) is 4.99 Å². The molecule has 1 aromatic rings. The Bertz CT molecular complexity index is 501. The summed E-state index contributed by atoms with van der Waals surface area (Å²) >= 11 is 6.52. The fourth-order valence-corrected chi connectivity index (χ4v) is 2.81. The molecule has 0 aromatic heterocycles. The van der Waals surface area contributed by atoms with Crippen molar-refractivity contribution < 1.29 is 4.79 Å². The monoisotopic (exact) mass is 279 g/mol. The maximum absolute atomic E-state index is 11.8. The molecule has 2 rings (SSSR count). The minimum Gasteiger partial charge on any atom is -0.351 e. The van der Waals surface area contributed by atoms with E-state index in [1.54, 1.807) is 0 Å². The molecule has 94 valence electrons. The maximum Gasteiger partial charge on any atom is 0.346 e. The lowest BCUT2D eigenvalue weighted by Crippen LogP contribution is -2.28. The van der Waals surface area contributed by atoms with Crippen LogP contribution >= 0.6 is 24.0 Å². The quantitative estimate of drug-likeness (QED) is 0.803. The molecule has 2 amide bonds. The summed E-state index contributed by atoms with van der Waals surface area (Å²) in [4.78, 5) is 17.7. The van der Waals surface area contributed by atoms with Crippen LogP contribution in [-0.2, 0) is 0 Å². The minimum atomic E-state index is -0.367. The largest absolute Gasteiger partial charge is 0.351 e. The summed E-state index contributed by atoms with van der Waals surface area (Å²) < 4.78 is 0.744. The van der Waals surface area contributed by atoms with Gasteiger partial charge in [0.05, 0.1) is 6.04 Å². The van der Waals surface area contributed by atoms with E-state index in [-0.39, 0.29) is 12.1 Å². The first-order valence-corrected chi connectivity index (χ1v) is 6.69. The average molecular weight is 279 g/mol. The van der Waals surface area contributed by atoms with Gasteiger partial charge in [-0.15, -0.1) is 0 Å². The molecule has 1 N–H and O–H groups in total. The Morgan fingerprint density at radius 2 is 2.11 bits per heavy atom. The van der Waals surface area contributed by atoms with E-state index in [9.17, 15) is 4.79 Å². The van der Waals surface area contributed by atoms with E-state index < -0.39 is 0 Å². The number of rotatable bonds is 1. The normalized spacial score (nSPS) is 21.4. The summed E-state index contributed by atoms with van der Waals surface area (Å²) in [6.07, 6.45) is 0. The Balaban J connectivity index is 2.06. The van der Waals surface area contributed by atoms with Crippen LogP contribution < -0.4 is 5.32 Å². The molecule has 4 nitrogen and oxygen atoms in total. The first-order valence-electron chi connectivity index (χ1n) is 5.47. The molecular formula is C12H13N3OS2. The zero-order chi connectivity index (χ0) is 13.1. The molecule has 1 saturated heterocycles. The lowest BCUT2D eigenvalue weighted by molar-refractivity contribution is 0.259. The zero-order valence-electron chi connectivity index (χ0n) is 10.1. The third-order valence-corrected chi connectivity index (χ3v) is 4.30. The highest BCUT2D eigenvalue weighted by Crippen LogP contribution is 2.25. The molecule has 0 aliphatic carbocycles. The van der Waals surface area contributed by atoms with Gasteiger partial charge in [0.25, 0.3) is 0 Å². The topological polar surface area (TPSA) is 44.7 Å². The van der Waals surface area contributed by atoms with E-state index in [0.717, 1.165) is 15.1 Å². The van der Waals surface area contributed by atoms with Crippen molar-refractivity contribution in [2.75, 3.05) is 12.4 Å². The molecule has 1 unspecified atom stereocenters. The van der Waals surface area contributed by atoms with Crippen LogP contribution in [0.25, 0.3) is 0 Å². The van der Waals surface area contributed by atoms with Gasteiger partial charge in [-0.3, -0.25) is 0 Å². The van der Waals surface area contributed by atoms with Gasteiger partial charge in [-0.05, 0) is 30.8 Å². The molecule has 1 atom stereocenters. The van der Waals surface area contributed by atoms with Gasteiger partial charge in [0.2, 0.25) is 0 Å². The number of hydrogen-bond acceptors (Lipinski definition) is 3. The number of thioether (sulfide) groups is 1. The third kappa shape index (κ3) is 2.88. The van der Waals surface area contributed by atoms with Gasteiger partial charge < -0.3 is 10.2 Å². The molecule has 1 aliphatic rings. The van der Waals surface area contributed by atoms with Crippen molar-refractivity contribution in [3.05, 3.63) is 30.3 Å². The number of thiocarbonyl (C=S) groups is 1. The first kappa shape index (κ1) is 13.0. The molecule has 0 saturated carbocycles. The summed E-state index contributed by atoms with van der Waals surface area (Å²) in [5.74, 6) is 0. The van der Waals surface area contributed by atoms with Crippen LogP contribution in [0.2, 0.25) is 0 Å². The van der Waals surface area contributed by atoms with Crippen LogP contribution in [0.1, 0.15) is 6.92 Å². The van der Waals surface area contributed by atoms with Crippen LogP contribution in [-0.4, -0.2) is 33.4 Å². The van der Waals surface area contributed by atoms with E-state index >= 15 is 0 Å². The van der Waals surface area contributed by atoms with E-state index in [4.69, 9.17) is 12.2 Å². The minimum absolute atomic E-state index is 0.0593. The summed E-state index contributed by atoms with van der Waals surface area (Å²) in [6.45, 7) is 1.97. The molecular weight excluding hydrogens is 266 g/mol. The second kappa shape index (κ2) is 5.49. The smallest absolute Gasteiger partial charge is 0.346 e. The molecule has 18 heavy (non-hydrogen) atoms. The van der Waals surface area contributed by atoms with E-state index in [0.29, 0.717) is 0 Å². The van der Waals surface area contributed by atoms with Crippen molar-refractivity contribution in [1.82, 2.24) is 4.90 Å². The van der Waals surface area contributed by atoms with Gasteiger partial charge in [-0.2, -0.15) is 4.99 Å². The number of para-hydroxylation sites is 1.